The first-order chi connectivity index (χ1) is 12.5. The summed E-state index contributed by atoms with van der Waals surface area (Å²) in [5, 5.41) is 9.67. The zero-order chi connectivity index (χ0) is 18.7. The van der Waals surface area contributed by atoms with Crippen LogP contribution in [0.5, 0.6) is 5.75 Å². The molecule has 0 unspecified atom stereocenters. The Morgan fingerprint density at radius 3 is 2.35 bits per heavy atom. The first-order valence-corrected chi connectivity index (χ1v) is 9.01. The highest BCUT2D eigenvalue weighted by molar-refractivity contribution is 5.83. The van der Waals surface area contributed by atoms with E-state index in [1.165, 1.54) is 0 Å². The van der Waals surface area contributed by atoms with Crippen LogP contribution in [0.15, 0.2) is 48.5 Å². The van der Waals surface area contributed by atoms with Crippen LogP contribution in [0.3, 0.4) is 0 Å². The fraction of sp³-hybridized carbons (Fsp3) is 0.381. The summed E-state index contributed by atoms with van der Waals surface area (Å²) in [5.41, 5.74) is 3.20. The van der Waals surface area contributed by atoms with Crippen molar-refractivity contribution in [2.24, 2.45) is 0 Å². The molecule has 2 aromatic rings. The van der Waals surface area contributed by atoms with E-state index in [9.17, 15) is 9.90 Å². The van der Waals surface area contributed by atoms with Gasteiger partial charge in [-0.05, 0) is 38.7 Å². The Kier molecular flexibility index (Phi) is 5.47. The second-order valence-corrected chi connectivity index (χ2v) is 7.11. The topological polar surface area (TPSA) is 47.0 Å². The Morgan fingerprint density at radius 2 is 1.73 bits per heavy atom. The lowest BCUT2D eigenvalue weighted by Gasteiger charge is -2.38. The number of aryl methyl sites for hydroxylation is 1. The number of phenols is 1. The van der Waals surface area contributed by atoms with Crippen LogP contribution in [0, 0.1) is 6.92 Å². The summed E-state index contributed by atoms with van der Waals surface area (Å²) in [6.45, 7) is 4.95. The molecule has 0 saturated carbocycles. The fourth-order valence-corrected chi connectivity index (χ4v) is 3.55. The molecule has 2 aromatic carbocycles. The molecule has 26 heavy (non-hydrogen) atoms. The Bertz CT molecular complexity index is 767. The fourth-order valence-electron chi connectivity index (χ4n) is 3.55. The Morgan fingerprint density at radius 1 is 1.04 bits per heavy atom. The van der Waals surface area contributed by atoms with Gasteiger partial charge in [0.1, 0.15) is 11.8 Å². The second kappa shape index (κ2) is 7.79. The number of carbonyl (C=O) groups excluding carboxylic acids is 1. The van der Waals surface area contributed by atoms with Crippen LogP contribution in [0.1, 0.15) is 17.2 Å². The maximum Gasteiger partial charge on any atom is 0.244 e. The van der Waals surface area contributed by atoms with E-state index in [4.69, 9.17) is 0 Å². The molecule has 0 aliphatic carbocycles. The van der Waals surface area contributed by atoms with Crippen LogP contribution >= 0.6 is 0 Å². The van der Waals surface area contributed by atoms with Crippen molar-refractivity contribution in [3.8, 4) is 5.75 Å². The second-order valence-electron chi connectivity index (χ2n) is 7.11. The van der Waals surface area contributed by atoms with Crippen molar-refractivity contribution in [3.05, 3.63) is 59.7 Å². The first kappa shape index (κ1) is 18.3. The third kappa shape index (κ3) is 3.99. The molecule has 1 atom stereocenters. The standard InChI is InChI=1S/C21H27N3O2/c1-16-6-4-7-17(14-16)20(22(2)3)21(26)24-12-10-23(11-13-24)18-8-5-9-19(25)15-18/h4-9,14-15,20,25H,10-13H2,1-3H3/t20-/m0/s1. The number of anilines is 1. The largest absolute Gasteiger partial charge is 0.508 e. The third-order valence-corrected chi connectivity index (χ3v) is 4.89. The average molecular weight is 353 g/mol. The van der Waals surface area contributed by atoms with E-state index in [0.717, 1.165) is 29.9 Å². The molecular weight excluding hydrogens is 326 g/mol. The smallest absolute Gasteiger partial charge is 0.244 e. The Balaban J connectivity index is 1.70. The van der Waals surface area contributed by atoms with E-state index in [-0.39, 0.29) is 17.7 Å². The number of rotatable bonds is 4. The van der Waals surface area contributed by atoms with Crippen molar-refractivity contribution in [2.75, 3.05) is 45.2 Å². The van der Waals surface area contributed by atoms with Gasteiger partial charge in [0.2, 0.25) is 5.91 Å². The lowest BCUT2D eigenvalue weighted by molar-refractivity contribution is -0.136. The number of amides is 1. The van der Waals surface area contributed by atoms with Gasteiger partial charge >= 0.3 is 0 Å². The molecule has 0 bridgehead atoms. The number of benzene rings is 2. The van der Waals surface area contributed by atoms with Crippen LogP contribution < -0.4 is 4.90 Å². The van der Waals surface area contributed by atoms with E-state index in [2.05, 4.69) is 24.0 Å². The summed E-state index contributed by atoms with van der Waals surface area (Å²) in [5.74, 6) is 0.421. The minimum atomic E-state index is -0.262. The summed E-state index contributed by atoms with van der Waals surface area (Å²) in [6.07, 6.45) is 0. The molecule has 1 amide bonds. The highest BCUT2D eigenvalue weighted by atomic mass is 16.3. The average Bonchev–Trinajstić information content (AvgIpc) is 2.62. The van der Waals surface area contributed by atoms with Crippen molar-refractivity contribution in [1.29, 1.82) is 0 Å². The maximum absolute atomic E-state index is 13.2. The monoisotopic (exact) mass is 353 g/mol. The van der Waals surface area contributed by atoms with Crippen molar-refractivity contribution >= 4 is 11.6 Å². The predicted octanol–water partition coefficient (Wildman–Crippen LogP) is 2.65. The lowest BCUT2D eigenvalue weighted by Crippen LogP contribution is -2.51. The van der Waals surface area contributed by atoms with Crippen molar-refractivity contribution in [3.63, 3.8) is 0 Å². The Hall–Kier alpha value is -2.53. The number of hydrogen-bond donors (Lipinski definition) is 1. The van der Waals surface area contributed by atoms with Gasteiger partial charge in [-0.3, -0.25) is 9.69 Å². The molecule has 0 spiro atoms. The number of likely N-dealkylation sites (N-methyl/N-ethyl adjacent to an activating group) is 1. The highest BCUT2D eigenvalue weighted by Crippen LogP contribution is 2.25. The molecule has 5 nitrogen and oxygen atoms in total. The highest BCUT2D eigenvalue weighted by Gasteiger charge is 2.30. The van der Waals surface area contributed by atoms with Crippen molar-refractivity contribution < 1.29 is 9.90 Å². The van der Waals surface area contributed by atoms with Gasteiger partial charge < -0.3 is 14.9 Å². The molecule has 0 radical (unpaired) electrons. The number of hydrogen-bond acceptors (Lipinski definition) is 4. The SMILES string of the molecule is Cc1cccc([C@@H](C(=O)N2CCN(c3cccc(O)c3)CC2)N(C)C)c1. The normalized spacial score (nSPS) is 16.0. The molecule has 1 fully saturated rings. The van der Waals surface area contributed by atoms with Crippen LogP contribution in [0.25, 0.3) is 0 Å². The van der Waals surface area contributed by atoms with Crippen LogP contribution in [0.2, 0.25) is 0 Å². The van der Waals surface area contributed by atoms with Gasteiger partial charge in [0.25, 0.3) is 0 Å². The zero-order valence-corrected chi connectivity index (χ0v) is 15.7. The predicted molar refractivity (Wildman–Crippen MR) is 105 cm³/mol. The summed E-state index contributed by atoms with van der Waals surface area (Å²) in [6, 6.07) is 15.2. The quantitative estimate of drug-likeness (QED) is 0.918. The third-order valence-electron chi connectivity index (χ3n) is 4.89. The number of aromatic hydroxyl groups is 1. The van der Waals surface area contributed by atoms with Crippen LogP contribution in [-0.2, 0) is 4.79 Å². The molecule has 138 valence electrons. The summed E-state index contributed by atoms with van der Waals surface area (Å²) >= 11 is 0. The van der Waals surface area contributed by atoms with Gasteiger partial charge in [-0.15, -0.1) is 0 Å². The van der Waals surface area contributed by atoms with Gasteiger partial charge in [-0.1, -0.05) is 35.9 Å². The van der Waals surface area contributed by atoms with Gasteiger partial charge in [0, 0.05) is 37.9 Å². The van der Waals surface area contributed by atoms with E-state index >= 15 is 0 Å². The molecule has 1 heterocycles. The molecular formula is C21H27N3O2. The van der Waals surface area contributed by atoms with Gasteiger partial charge in [0.15, 0.2) is 0 Å². The number of carbonyl (C=O) groups is 1. The number of phenolic OH excluding ortho intramolecular Hbond substituents is 1. The van der Waals surface area contributed by atoms with E-state index < -0.39 is 0 Å². The van der Waals surface area contributed by atoms with Crippen molar-refractivity contribution in [1.82, 2.24) is 9.80 Å². The van der Waals surface area contributed by atoms with Crippen LogP contribution in [0.4, 0.5) is 5.69 Å². The minimum Gasteiger partial charge on any atom is -0.508 e. The van der Waals surface area contributed by atoms with Gasteiger partial charge in [-0.25, -0.2) is 0 Å². The van der Waals surface area contributed by atoms with Gasteiger partial charge in [-0.2, -0.15) is 0 Å². The van der Waals surface area contributed by atoms with E-state index in [1.54, 1.807) is 12.1 Å². The molecule has 5 heteroatoms. The molecule has 1 saturated heterocycles. The minimum absolute atomic E-state index is 0.149. The maximum atomic E-state index is 13.2. The first-order valence-electron chi connectivity index (χ1n) is 9.01. The molecule has 3 rings (SSSR count). The summed E-state index contributed by atoms with van der Waals surface area (Å²) in [7, 11) is 3.90. The zero-order valence-electron chi connectivity index (χ0n) is 15.7. The number of nitrogens with zero attached hydrogens (tertiary/aromatic N) is 3. The molecule has 1 aliphatic heterocycles. The molecule has 0 aromatic heterocycles. The summed E-state index contributed by atoms with van der Waals surface area (Å²) < 4.78 is 0. The van der Waals surface area contributed by atoms with E-state index in [0.29, 0.717) is 13.1 Å². The van der Waals surface area contributed by atoms with Crippen LogP contribution in [-0.4, -0.2) is 61.1 Å². The summed E-state index contributed by atoms with van der Waals surface area (Å²) in [4.78, 5) is 19.3. The van der Waals surface area contributed by atoms with E-state index in [1.807, 2.05) is 48.2 Å². The lowest BCUT2D eigenvalue weighted by atomic mass is 10.0. The Labute approximate surface area is 155 Å². The molecule has 1 N–H and O–H groups in total. The number of piperazine rings is 1. The van der Waals surface area contributed by atoms with Gasteiger partial charge in [0.05, 0.1) is 0 Å². The molecule has 1 aliphatic rings. The van der Waals surface area contributed by atoms with Crippen molar-refractivity contribution in [2.45, 2.75) is 13.0 Å².